The van der Waals surface area contributed by atoms with Crippen molar-refractivity contribution in [3.8, 4) is 0 Å². The van der Waals surface area contributed by atoms with Crippen molar-refractivity contribution in [2.75, 3.05) is 26.2 Å². The van der Waals surface area contributed by atoms with E-state index in [9.17, 15) is 4.79 Å². The van der Waals surface area contributed by atoms with Crippen LogP contribution >= 0.6 is 0 Å². The SMILES string of the molecule is CCOC(=O)OC1CNCCN1Cc1ccccc1. The van der Waals surface area contributed by atoms with E-state index in [-0.39, 0.29) is 6.23 Å². The Morgan fingerprint density at radius 2 is 2.21 bits per heavy atom. The summed E-state index contributed by atoms with van der Waals surface area (Å²) >= 11 is 0. The number of ether oxygens (including phenoxy) is 2. The van der Waals surface area contributed by atoms with Gasteiger partial charge in [0.1, 0.15) is 0 Å². The van der Waals surface area contributed by atoms with Gasteiger partial charge in [-0.1, -0.05) is 30.3 Å². The predicted octanol–water partition coefficient (Wildman–Crippen LogP) is 1.59. The molecule has 1 aliphatic heterocycles. The smallest absolute Gasteiger partial charge is 0.435 e. The average Bonchev–Trinajstić information content (AvgIpc) is 2.42. The van der Waals surface area contributed by atoms with E-state index in [2.05, 4.69) is 22.3 Å². The molecule has 0 spiro atoms. The maximum Gasteiger partial charge on any atom is 0.509 e. The largest absolute Gasteiger partial charge is 0.509 e. The molecule has 1 heterocycles. The number of carbonyl (C=O) groups excluding carboxylic acids is 1. The molecule has 5 nitrogen and oxygen atoms in total. The van der Waals surface area contributed by atoms with E-state index in [4.69, 9.17) is 9.47 Å². The fraction of sp³-hybridized carbons (Fsp3) is 0.500. The zero-order valence-electron chi connectivity index (χ0n) is 11.2. The minimum absolute atomic E-state index is 0.270. The lowest BCUT2D eigenvalue weighted by Gasteiger charge is -2.34. The number of hydrogen-bond donors (Lipinski definition) is 1. The molecule has 1 aromatic rings. The van der Waals surface area contributed by atoms with Crippen LogP contribution < -0.4 is 5.32 Å². The summed E-state index contributed by atoms with van der Waals surface area (Å²) in [5, 5.41) is 3.22. The van der Waals surface area contributed by atoms with Gasteiger partial charge in [0.05, 0.1) is 6.61 Å². The van der Waals surface area contributed by atoms with Crippen molar-refractivity contribution in [3.05, 3.63) is 35.9 Å². The second kappa shape index (κ2) is 7.11. The number of hydrogen-bond acceptors (Lipinski definition) is 5. The first kappa shape index (κ1) is 13.8. The second-order valence-electron chi connectivity index (χ2n) is 4.42. The minimum Gasteiger partial charge on any atom is -0.435 e. The van der Waals surface area contributed by atoms with Gasteiger partial charge in [-0.15, -0.1) is 0 Å². The van der Waals surface area contributed by atoms with E-state index in [1.165, 1.54) is 5.56 Å². The summed E-state index contributed by atoms with van der Waals surface area (Å²) in [5.74, 6) is 0. The summed E-state index contributed by atoms with van der Waals surface area (Å²) in [6.45, 7) is 5.24. The van der Waals surface area contributed by atoms with Crippen molar-refractivity contribution in [1.29, 1.82) is 0 Å². The third-order valence-corrected chi connectivity index (χ3v) is 3.02. The zero-order chi connectivity index (χ0) is 13.5. The van der Waals surface area contributed by atoms with Gasteiger partial charge in [-0.2, -0.15) is 0 Å². The quantitative estimate of drug-likeness (QED) is 0.837. The Bertz CT molecular complexity index is 397. The summed E-state index contributed by atoms with van der Waals surface area (Å²) in [6.07, 6.45) is -0.873. The molecule has 104 valence electrons. The van der Waals surface area contributed by atoms with Gasteiger partial charge in [-0.25, -0.2) is 4.79 Å². The first-order chi connectivity index (χ1) is 9.29. The number of carbonyl (C=O) groups is 1. The van der Waals surface area contributed by atoms with Crippen molar-refractivity contribution in [1.82, 2.24) is 10.2 Å². The topological polar surface area (TPSA) is 50.8 Å². The molecule has 1 unspecified atom stereocenters. The molecule has 1 fully saturated rings. The normalized spacial score (nSPS) is 19.9. The molecular weight excluding hydrogens is 244 g/mol. The standard InChI is InChI=1S/C14H20N2O3/c1-2-18-14(17)19-13-10-15-8-9-16(13)11-12-6-4-3-5-7-12/h3-7,13,15H,2,8-11H2,1H3. The molecule has 5 heteroatoms. The summed E-state index contributed by atoms with van der Waals surface area (Å²) in [4.78, 5) is 13.6. The van der Waals surface area contributed by atoms with Crippen LogP contribution in [0.5, 0.6) is 0 Å². The summed E-state index contributed by atoms with van der Waals surface area (Å²) in [7, 11) is 0. The molecule has 0 aromatic heterocycles. The molecule has 0 bridgehead atoms. The van der Waals surface area contributed by atoms with Crippen LogP contribution in [-0.2, 0) is 16.0 Å². The molecule has 0 aliphatic carbocycles. The first-order valence-electron chi connectivity index (χ1n) is 6.61. The van der Waals surface area contributed by atoms with E-state index >= 15 is 0 Å². The third-order valence-electron chi connectivity index (χ3n) is 3.02. The maximum absolute atomic E-state index is 11.4. The Kier molecular flexibility index (Phi) is 5.18. The highest BCUT2D eigenvalue weighted by molar-refractivity contribution is 5.60. The van der Waals surface area contributed by atoms with Crippen molar-refractivity contribution in [2.45, 2.75) is 19.7 Å². The van der Waals surface area contributed by atoms with Crippen LogP contribution in [0.3, 0.4) is 0 Å². The molecule has 1 aliphatic rings. The molecule has 19 heavy (non-hydrogen) atoms. The Hall–Kier alpha value is -1.59. The van der Waals surface area contributed by atoms with Crippen LogP contribution in [0.25, 0.3) is 0 Å². The van der Waals surface area contributed by atoms with Crippen molar-refractivity contribution in [2.24, 2.45) is 0 Å². The molecule has 1 atom stereocenters. The number of nitrogens with one attached hydrogen (secondary N) is 1. The van der Waals surface area contributed by atoms with Gasteiger partial charge in [0.15, 0.2) is 6.23 Å². The fourth-order valence-electron chi connectivity index (χ4n) is 2.10. The van der Waals surface area contributed by atoms with Crippen molar-refractivity contribution in [3.63, 3.8) is 0 Å². The predicted molar refractivity (Wildman–Crippen MR) is 71.6 cm³/mol. The van der Waals surface area contributed by atoms with Crippen LogP contribution in [0.4, 0.5) is 4.79 Å². The lowest BCUT2D eigenvalue weighted by atomic mass is 10.2. The van der Waals surface area contributed by atoms with Gasteiger partial charge >= 0.3 is 6.16 Å². The molecule has 1 saturated heterocycles. The number of nitrogens with zero attached hydrogens (tertiary/aromatic N) is 1. The van der Waals surface area contributed by atoms with E-state index in [0.717, 1.165) is 19.6 Å². The molecule has 2 rings (SSSR count). The summed E-state index contributed by atoms with van der Waals surface area (Å²) < 4.78 is 10.1. The third kappa shape index (κ3) is 4.22. The Balaban J connectivity index is 1.94. The maximum atomic E-state index is 11.4. The fourth-order valence-corrected chi connectivity index (χ4v) is 2.10. The van der Waals surface area contributed by atoms with Crippen LogP contribution in [0.2, 0.25) is 0 Å². The van der Waals surface area contributed by atoms with E-state index in [0.29, 0.717) is 13.2 Å². The van der Waals surface area contributed by atoms with Crippen LogP contribution in [0, 0.1) is 0 Å². The Morgan fingerprint density at radius 1 is 1.42 bits per heavy atom. The molecule has 1 N–H and O–H groups in total. The van der Waals surface area contributed by atoms with Gasteiger partial charge in [0.25, 0.3) is 0 Å². The van der Waals surface area contributed by atoms with Crippen LogP contribution in [0.1, 0.15) is 12.5 Å². The number of rotatable bonds is 4. The molecular formula is C14H20N2O3. The monoisotopic (exact) mass is 264 g/mol. The molecule has 1 aromatic carbocycles. The van der Waals surface area contributed by atoms with Gasteiger partial charge in [0.2, 0.25) is 0 Å². The second-order valence-corrected chi connectivity index (χ2v) is 4.42. The van der Waals surface area contributed by atoms with E-state index in [1.54, 1.807) is 6.92 Å². The Morgan fingerprint density at radius 3 is 2.95 bits per heavy atom. The van der Waals surface area contributed by atoms with Gasteiger partial charge in [0, 0.05) is 26.2 Å². The molecule has 0 saturated carbocycles. The lowest BCUT2D eigenvalue weighted by molar-refractivity contribution is -0.0601. The molecule has 0 amide bonds. The highest BCUT2D eigenvalue weighted by atomic mass is 16.7. The summed E-state index contributed by atoms with van der Waals surface area (Å²) in [5.41, 5.74) is 1.21. The number of piperazine rings is 1. The van der Waals surface area contributed by atoms with Gasteiger partial charge in [-0.05, 0) is 12.5 Å². The van der Waals surface area contributed by atoms with Crippen molar-refractivity contribution < 1.29 is 14.3 Å². The lowest BCUT2D eigenvalue weighted by Crippen LogP contribution is -2.52. The molecule has 0 radical (unpaired) electrons. The summed E-state index contributed by atoms with van der Waals surface area (Å²) in [6, 6.07) is 10.2. The average molecular weight is 264 g/mol. The van der Waals surface area contributed by atoms with Crippen LogP contribution in [-0.4, -0.2) is 43.5 Å². The van der Waals surface area contributed by atoms with Gasteiger partial charge in [-0.3, -0.25) is 4.90 Å². The van der Waals surface area contributed by atoms with Gasteiger partial charge < -0.3 is 14.8 Å². The Labute approximate surface area is 113 Å². The van der Waals surface area contributed by atoms with Crippen molar-refractivity contribution >= 4 is 6.16 Å². The minimum atomic E-state index is -0.603. The zero-order valence-corrected chi connectivity index (χ0v) is 11.2. The van der Waals surface area contributed by atoms with E-state index in [1.807, 2.05) is 18.2 Å². The van der Waals surface area contributed by atoms with E-state index < -0.39 is 6.16 Å². The first-order valence-corrected chi connectivity index (χ1v) is 6.61. The van der Waals surface area contributed by atoms with Crippen LogP contribution in [0.15, 0.2) is 30.3 Å². The highest BCUT2D eigenvalue weighted by Crippen LogP contribution is 2.11. The highest BCUT2D eigenvalue weighted by Gasteiger charge is 2.26. The number of benzene rings is 1.